The quantitative estimate of drug-likeness (QED) is 0.900. The fourth-order valence-corrected chi connectivity index (χ4v) is 2.35. The number of aliphatic carboxylic acids is 1. The summed E-state index contributed by atoms with van der Waals surface area (Å²) >= 11 is 0. The highest BCUT2D eigenvalue weighted by Crippen LogP contribution is 2.21. The fraction of sp³-hybridized carbons (Fsp3) is 0.533. The molecule has 1 aliphatic heterocycles. The van der Waals surface area contributed by atoms with Gasteiger partial charge >= 0.3 is 5.97 Å². The van der Waals surface area contributed by atoms with Crippen LogP contribution >= 0.6 is 0 Å². The molecule has 1 heterocycles. The van der Waals surface area contributed by atoms with E-state index >= 15 is 0 Å². The highest BCUT2D eigenvalue weighted by atomic mass is 16.5. The van der Waals surface area contributed by atoms with Gasteiger partial charge in [0.2, 0.25) is 0 Å². The molecule has 1 aliphatic rings. The highest BCUT2D eigenvalue weighted by molar-refractivity contribution is 5.76. The molecule has 1 N–H and O–H groups in total. The molecule has 1 atom stereocenters. The van der Waals surface area contributed by atoms with Crippen molar-refractivity contribution < 1.29 is 14.6 Å². The Labute approximate surface area is 114 Å². The molecule has 0 aromatic heterocycles. The predicted molar refractivity (Wildman–Crippen MR) is 73.6 cm³/mol. The standard InChI is InChI=1S/C15H21NO3/c1-11-3-4-13(9-12(11)2)14(15(17)18)10-16-5-7-19-8-6-16/h3-4,9,14H,5-8,10H2,1-2H3,(H,17,18). The molecular formula is C15H21NO3. The summed E-state index contributed by atoms with van der Waals surface area (Å²) in [5.74, 6) is -1.22. The average molecular weight is 263 g/mol. The van der Waals surface area contributed by atoms with Crippen molar-refractivity contribution >= 4 is 5.97 Å². The van der Waals surface area contributed by atoms with Crippen molar-refractivity contribution in [1.82, 2.24) is 4.90 Å². The van der Waals surface area contributed by atoms with Crippen LogP contribution in [0.5, 0.6) is 0 Å². The lowest BCUT2D eigenvalue weighted by atomic mass is 9.95. The van der Waals surface area contributed by atoms with Gasteiger partial charge in [0.05, 0.1) is 19.1 Å². The van der Waals surface area contributed by atoms with Gasteiger partial charge in [0.15, 0.2) is 0 Å². The van der Waals surface area contributed by atoms with E-state index in [0.29, 0.717) is 19.8 Å². The molecule has 104 valence electrons. The maximum absolute atomic E-state index is 11.5. The molecule has 1 unspecified atom stereocenters. The molecule has 4 nitrogen and oxygen atoms in total. The minimum Gasteiger partial charge on any atom is -0.481 e. The second-order valence-corrected chi connectivity index (χ2v) is 5.15. The van der Waals surface area contributed by atoms with Crippen LogP contribution in [0.1, 0.15) is 22.6 Å². The predicted octanol–water partition coefficient (Wildman–Crippen LogP) is 1.80. The summed E-state index contributed by atoms with van der Waals surface area (Å²) in [5.41, 5.74) is 3.23. The number of morpholine rings is 1. The van der Waals surface area contributed by atoms with Crippen molar-refractivity contribution in [2.75, 3.05) is 32.8 Å². The van der Waals surface area contributed by atoms with Gasteiger partial charge in [-0.1, -0.05) is 18.2 Å². The van der Waals surface area contributed by atoms with Gasteiger partial charge in [-0.2, -0.15) is 0 Å². The molecular weight excluding hydrogens is 242 g/mol. The third-order valence-electron chi connectivity index (χ3n) is 3.78. The Morgan fingerprint density at radius 2 is 2.00 bits per heavy atom. The molecule has 2 rings (SSSR count). The van der Waals surface area contributed by atoms with Gasteiger partial charge in [0.25, 0.3) is 0 Å². The highest BCUT2D eigenvalue weighted by Gasteiger charge is 2.24. The van der Waals surface area contributed by atoms with E-state index in [1.54, 1.807) is 0 Å². The summed E-state index contributed by atoms with van der Waals surface area (Å²) in [5, 5.41) is 9.46. The lowest BCUT2D eigenvalue weighted by Crippen LogP contribution is -2.40. The van der Waals surface area contributed by atoms with E-state index < -0.39 is 11.9 Å². The van der Waals surface area contributed by atoms with Crippen LogP contribution in [0.3, 0.4) is 0 Å². The number of benzene rings is 1. The van der Waals surface area contributed by atoms with E-state index in [4.69, 9.17) is 4.74 Å². The van der Waals surface area contributed by atoms with E-state index in [0.717, 1.165) is 24.2 Å². The first-order chi connectivity index (χ1) is 9.08. The Balaban J connectivity index is 2.14. The Morgan fingerprint density at radius 3 is 2.58 bits per heavy atom. The van der Waals surface area contributed by atoms with Crippen LogP contribution in [0.4, 0.5) is 0 Å². The average Bonchev–Trinajstić information content (AvgIpc) is 2.40. The minimum absolute atomic E-state index is 0.461. The lowest BCUT2D eigenvalue weighted by molar-refractivity contribution is -0.139. The minimum atomic E-state index is -0.755. The van der Waals surface area contributed by atoms with Crippen molar-refractivity contribution in [3.05, 3.63) is 34.9 Å². The molecule has 4 heteroatoms. The fourth-order valence-electron chi connectivity index (χ4n) is 2.35. The summed E-state index contributed by atoms with van der Waals surface area (Å²) in [4.78, 5) is 13.7. The van der Waals surface area contributed by atoms with E-state index in [9.17, 15) is 9.90 Å². The first-order valence-corrected chi connectivity index (χ1v) is 6.68. The van der Waals surface area contributed by atoms with Crippen molar-refractivity contribution in [1.29, 1.82) is 0 Å². The molecule has 1 aromatic carbocycles. The smallest absolute Gasteiger partial charge is 0.312 e. The van der Waals surface area contributed by atoms with E-state index in [1.165, 1.54) is 5.56 Å². The maximum Gasteiger partial charge on any atom is 0.312 e. The molecule has 19 heavy (non-hydrogen) atoms. The molecule has 0 aliphatic carbocycles. The van der Waals surface area contributed by atoms with Gasteiger partial charge in [-0.05, 0) is 30.5 Å². The molecule has 1 fully saturated rings. The van der Waals surface area contributed by atoms with Gasteiger partial charge in [0, 0.05) is 19.6 Å². The van der Waals surface area contributed by atoms with Crippen LogP contribution in [0.15, 0.2) is 18.2 Å². The molecule has 0 amide bonds. The Hall–Kier alpha value is -1.39. The number of carboxylic acid groups (broad SMARTS) is 1. The van der Waals surface area contributed by atoms with Crippen LogP contribution in [-0.2, 0) is 9.53 Å². The number of nitrogens with zero attached hydrogens (tertiary/aromatic N) is 1. The number of rotatable bonds is 4. The number of carbonyl (C=O) groups is 1. The number of carboxylic acids is 1. The summed E-state index contributed by atoms with van der Waals surface area (Å²) < 4.78 is 5.29. The van der Waals surface area contributed by atoms with E-state index in [1.807, 2.05) is 32.0 Å². The second-order valence-electron chi connectivity index (χ2n) is 5.15. The van der Waals surface area contributed by atoms with Crippen LogP contribution in [0, 0.1) is 13.8 Å². The molecule has 0 radical (unpaired) electrons. The summed E-state index contributed by atoms with van der Waals surface area (Å²) in [6.07, 6.45) is 0. The summed E-state index contributed by atoms with van der Waals surface area (Å²) in [6, 6.07) is 5.93. The third kappa shape index (κ3) is 3.55. The van der Waals surface area contributed by atoms with Crippen molar-refractivity contribution in [3.63, 3.8) is 0 Å². The number of aryl methyl sites for hydroxylation is 2. The molecule has 0 saturated carbocycles. The zero-order chi connectivity index (χ0) is 13.8. The number of ether oxygens (including phenoxy) is 1. The molecule has 1 saturated heterocycles. The monoisotopic (exact) mass is 263 g/mol. The number of hydrogen-bond donors (Lipinski definition) is 1. The van der Waals surface area contributed by atoms with Gasteiger partial charge in [-0.15, -0.1) is 0 Å². The second kappa shape index (κ2) is 6.17. The first-order valence-electron chi connectivity index (χ1n) is 6.68. The molecule has 0 spiro atoms. The van der Waals surface area contributed by atoms with Crippen LogP contribution < -0.4 is 0 Å². The SMILES string of the molecule is Cc1ccc(C(CN2CCOCC2)C(=O)O)cc1C. The zero-order valence-electron chi connectivity index (χ0n) is 11.6. The van der Waals surface area contributed by atoms with Gasteiger partial charge in [-0.25, -0.2) is 0 Å². The lowest BCUT2D eigenvalue weighted by Gasteiger charge is -2.29. The van der Waals surface area contributed by atoms with Gasteiger partial charge in [-0.3, -0.25) is 9.69 Å². The van der Waals surface area contributed by atoms with Crippen LogP contribution in [0.2, 0.25) is 0 Å². The van der Waals surface area contributed by atoms with Crippen LogP contribution in [0.25, 0.3) is 0 Å². The number of hydrogen-bond acceptors (Lipinski definition) is 3. The van der Waals surface area contributed by atoms with E-state index in [2.05, 4.69) is 4.90 Å². The van der Waals surface area contributed by atoms with E-state index in [-0.39, 0.29) is 0 Å². The Morgan fingerprint density at radius 1 is 1.32 bits per heavy atom. The summed E-state index contributed by atoms with van der Waals surface area (Å²) in [6.45, 7) is 7.63. The third-order valence-corrected chi connectivity index (χ3v) is 3.78. The van der Waals surface area contributed by atoms with Crippen molar-refractivity contribution in [3.8, 4) is 0 Å². The van der Waals surface area contributed by atoms with Gasteiger partial charge in [0.1, 0.15) is 0 Å². The molecule has 0 bridgehead atoms. The van der Waals surface area contributed by atoms with Crippen LogP contribution in [-0.4, -0.2) is 48.8 Å². The summed E-state index contributed by atoms with van der Waals surface area (Å²) in [7, 11) is 0. The van der Waals surface area contributed by atoms with Crippen molar-refractivity contribution in [2.45, 2.75) is 19.8 Å². The zero-order valence-corrected chi connectivity index (χ0v) is 11.6. The van der Waals surface area contributed by atoms with Crippen molar-refractivity contribution in [2.24, 2.45) is 0 Å². The van der Waals surface area contributed by atoms with Gasteiger partial charge < -0.3 is 9.84 Å². The Bertz CT molecular complexity index is 453. The normalized spacial score (nSPS) is 18.2. The Kier molecular flexibility index (Phi) is 4.56. The maximum atomic E-state index is 11.5. The first kappa shape index (κ1) is 14.0. The molecule has 1 aromatic rings. The largest absolute Gasteiger partial charge is 0.481 e. The topological polar surface area (TPSA) is 49.8 Å².